The van der Waals surface area contributed by atoms with Crippen LogP contribution >= 0.6 is 0 Å². The van der Waals surface area contributed by atoms with Crippen LogP contribution in [-0.4, -0.2) is 60.4 Å². The van der Waals surface area contributed by atoms with Gasteiger partial charge in [-0.15, -0.1) is 0 Å². The lowest BCUT2D eigenvalue weighted by molar-refractivity contribution is -0.115. The summed E-state index contributed by atoms with van der Waals surface area (Å²) in [5.41, 5.74) is 7.19. The van der Waals surface area contributed by atoms with Crippen LogP contribution in [-0.2, 0) is 16.0 Å². The highest BCUT2D eigenvalue weighted by Gasteiger charge is 2.26. The van der Waals surface area contributed by atoms with Crippen molar-refractivity contribution in [1.29, 1.82) is 0 Å². The molecule has 0 bridgehead atoms. The predicted molar refractivity (Wildman–Crippen MR) is 134 cm³/mol. The monoisotopic (exact) mass is 457 g/mol. The maximum Gasteiger partial charge on any atom is 0.159 e. The van der Waals surface area contributed by atoms with Gasteiger partial charge < -0.3 is 15.0 Å². The largest absolute Gasteiger partial charge is 0.378 e. The highest BCUT2D eigenvalue weighted by molar-refractivity contribution is 6.02. The van der Waals surface area contributed by atoms with E-state index < -0.39 is 0 Å². The number of ether oxygens (including phenoxy) is 1. The number of pyridine rings is 1. The number of allylic oxidation sites excluding steroid dienone is 1. The molecular weight excluding hydrogens is 426 g/mol. The molecule has 1 saturated heterocycles. The van der Waals surface area contributed by atoms with E-state index >= 15 is 0 Å². The molecule has 176 valence electrons. The average Bonchev–Trinajstić information content (AvgIpc) is 3.52. The number of morpholine rings is 1. The molecule has 0 radical (unpaired) electrons. The highest BCUT2D eigenvalue weighted by atomic mass is 16.5. The number of carbonyl (C=O) groups is 1. The van der Waals surface area contributed by atoms with Gasteiger partial charge in [0.1, 0.15) is 0 Å². The zero-order valence-electron chi connectivity index (χ0n) is 19.9. The first-order valence-electron chi connectivity index (χ1n) is 12.0. The van der Waals surface area contributed by atoms with Crippen LogP contribution in [0.4, 0.5) is 5.69 Å². The molecule has 1 aliphatic heterocycles. The van der Waals surface area contributed by atoms with E-state index in [0.717, 1.165) is 65.6 Å². The van der Waals surface area contributed by atoms with Gasteiger partial charge in [0, 0.05) is 60.6 Å². The minimum atomic E-state index is 0.212. The average molecular weight is 458 g/mol. The predicted octanol–water partition coefficient (Wildman–Crippen LogP) is 3.59. The minimum Gasteiger partial charge on any atom is -0.378 e. The van der Waals surface area contributed by atoms with Gasteiger partial charge >= 0.3 is 0 Å². The Morgan fingerprint density at radius 2 is 2.03 bits per heavy atom. The lowest BCUT2D eigenvalue weighted by Gasteiger charge is -2.30. The van der Waals surface area contributed by atoms with Crippen molar-refractivity contribution in [2.75, 3.05) is 44.8 Å². The van der Waals surface area contributed by atoms with Crippen LogP contribution in [0.15, 0.2) is 48.2 Å². The fraction of sp³-hybridized carbons (Fsp3) is 0.370. The summed E-state index contributed by atoms with van der Waals surface area (Å²) in [7, 11) is 1.91. The number of anilines is 1. The Morgan fingerprint density at radius 3 is 2.82 bits per heavy atom. The number of carbonyl (C=O) groups excluding carboxylic acids is 1. The fourth-order valence-electron chi connectivity index (χ4n) is 4.65. The van der Waals surface area contributed by atoms with E-state index in [1.54, 1.807) is 0 Å². The molecule has 0 spiro atoms. The zero-order chi connectivity index (χ0) is 23.5. The number of nitrogens with one attached hydrogen (secondary N) is 1. The van der Waals surface area contributed by atoms with Gasteiger partial charge in [-0.25, -0.2) is 9.67 Å². The topological polar surface area (TPSA) is 72.3 Å². The molecule has 0 unspecified atom stereocenters. The lowest BCUT2D eigenvalue weighted by atomic mass is 10.0. The van der Waals surface area contributed by atoms with Crippen molar-refractivity contribution >= 4 is 17.5 Å². The van der Waals surface area contributed by atoms with Gasteiger partial charge in [0.15, 0.2) is 11.6 Å². The number of aryl methyl sites for hydroxylation is 1. The summed E-state index contributed by atoms with van der Waals surface area (Å²) in [6.45, 7) is 5.99. The number of benzene rings is 1. The van der Waals surface area contributed by atoms with Crippen LogP contribution < -0.4 is 10.2 Å². The second kappa shape index (κ2) is 9.91. The Bertz CT molecular complexity index is 1220. The Labute approximate surface area is 200 Å². The standard InChI is InChI=1S/C27H31N5O2/c1-19-5-3-6-20(15-19)23-8-10-32(30-23)27-18-25(31-11-13-34-14-12-31)22-16-21(17-24(22)29-27)26(33)7-4-9-28-2/h3,5-6,8,10,15,17-18,28H,4,7,9,11-14,16H2,1-2H3. The van der Waals surface area contributed by atoms with Crippen molar-refractivity contribution in [3.63, 3.8) is 0 Å². The summed E-state index contributed by atoms with van der Waals surface area (Å²) in [4.78, 5) is 20.1. The second-order valence-corrected chi connectivity index (χ2v) is 8.95. The zero-order valence-corrected chi connectivity index (χ0v) is 19.9. The number of Topliss-reactive ketones (excluding diaryl/α,β-unsaturated/α-hetero) is 1. The number of rotatable bonds is 8. The molecule has 3 aromatic rings. The van der Waals surface area contributed by atoms with Crippen molar-refractivity contribution in [3.05, 3.63) is 65.0 Å². The molecule has 1 fully saturated rings. The summed E-state index contributed by atoms with van der Waals surface area (Å²) in [5.74, 6) is 0.975. The number of hydrogen-bond acceptors (Lipinski definition) is 6. The van der Waals surface area contributed by atoms with Crippen molar-refractivity contribution in [1.82, 2.24) is 20.1 Å². The van der Waals surface area contributed by atoms with Crippen LogP contribution in [0.3, 0.4) is 0 Å². The number of nitrogens with zero attached hydrogens (tertiary/aromatic N) is 4. The van der Waals surface area contributed by atoms with E-state index in [2.05, 4.69) is 41.4 Å². The van der Waals surface area contributed by atoms with Crippen LogP contribution in [0, 0.1) is 6.92 Å². The molecule has 7 heteroatoms. The van der Waals surface area contributed by atoms with Crippen molar-refractivity contribution in [2.24, 2.45) is 0 Å². The molecule has 2 aliphatic rings. The van der Waals surface area contributed by atoms with E-state index in [1.165, 1.54) is 5.56 Å². The third-order valence-electron chi connectivity index (χ3n) is 6.48. The van der Waals surface area contributed by atoms with Crippen LogP contribution in [0.5, 0.6) is 0 Å². The van der Waals surface area contributed by atoms with Crippen molar-refractivity contribution < 1.29 is 9.53 Å². The Balaban J connectivity index is 1.49. The third kappa shape index (κ3) is 4.67. The Kier molecular flexibility index (Phi) is 6.56. The summed E-state index contributed by atoms with van der Waals surface area (Å²) in [6.07, 6.45) is 5.97. The molecular formula is C27H31N5O2. The number of ketones is 1. The Morgan fingerprint density at radius 1 is 1.18 bits per heavy atom. The second-order valence-electron chi connectivity index (χ2n) is 8.95. The summed E-state index contributed by atoms with van der Waals surface area (Å²) < 4.78 is 7.42. The molecule has 5 rings (SSSR count). The smallest absolute Gasteiger partial charge is 0.159 e. The molecule has 34 heavy (non-hydrogen) atoms. The van der Waals surface area contributed by atoms with Crippen molar-refractivity contribution in [3.8, 4) is 17.1 Å². The fourth-order valence-corrected chi connectivity index (χ4v) is 4.65. The van der Waals surface area contributed by atoms with E-state index in [1.807, 2.05) is 36.1 Å². The van der Waals surface area contributed by atoms with Crippen LogP contribution in [0.1, 0.15) is 29.7 Å². The first-order valence-corrected chi connectivity index (χ1v) is 12.0. The number of hydrogen-bond donors (Lipinski definition) is 1. The highest BCUT2D eigenvalue weighted by Crippen LogP contribution is 2.35. The molecule has 0 saturated carbocycles. The van der Waals surface area contributed by atoms with Crippen LogP contribution in [0.25, 0.3) is 23.2 Å². The maximum absolute atomic E-state index is 12.8. The van der Waals surface area contributed by atoms with Gasteiger partial charge in [-0.2, -0.15) is 5.10 Å². The SMILES string of the molecule is CNCCCC(=O)C1=Cc2nc(-n3ccc(-c4cccc(C)c4)n3)cc(N3CCOCC3)c2C1. The summed E-state index contributed by atoms with van der Waals surface area (Å²) in [6, 6.07) is 12.5. The number of aromatic nitrogens is 3. The van der Waals surface area contributed by atoms with Crippen molar-refractivity contribution in [2.45, 2.75) is 26.2 Å². The van der Waals surface area contributed by atoms with E-state index in [4.69, 9.17) is 14.8 Å². The maximum atomic E-state index is 12.8. The van der Waals surface area contributed by atoms with Gasteiger partial charge in [-0.05, 0) is 45.1 Å². The molecule has 1 aliphatic carbocycles. The summed E-state index contributed by atoms with van der Waals surface area (Å²) in [5, 5.41) is 7.94. The van der Waals surface area contributed by atoms with Gasteiger partial charge in [-0.3, -0.25) is 4.79 Å². The molecule has 0 amide bonds. The quantitative estimate of drug-likeness (QED) is 0.521. The first-order chi connectivity index (χ1) is 16.6. The molecule has 3 heterocycles. The van der Waals surface area contributed by atoms with E-state index in [0.29, 0.717) is 26.1 Å². The number of fused-ring (bicyclic) bond motifs is 1. The lowest BCUT2D eigenvalue weighted by Crippen LogP contribution is -2.37. The molecule has 1 aromatic carbocycles. The normalized spacial score (nSPS) is 15.4. The van der Waals surface area contributed by atoms with Gasteiger partial charge in [0.05, 0.1) is 24.6 Å². The molecule has 2 aromatic heterocycles. The molecule has 0 atom stereocenters. The minimum absolute atomic E-state index is 0.212. The van der Waals surface area contributed by atoms with Gasteiger partial charge in [0.2, 0.25) is 0 Å². The first kappa shape index (κ1) is 22.5. The van der Waals surface area contributed by atoms with Gasteiger partial charge in [-0.1, -0.05) is 23.8 Å². The molecule has 1 N–H and O–H groups in total. The van der Waals surface area contributed by atoms with Crippen LogP contribution in [0.2, 0.25) is 0 Å². The third-order valence-corrected chi connectivity index (χ3v) is 6.48. The van der Waals surface area contributed by atoms with E-state index in [9.17, 15) is 4.79 Å². The van der Waals surface area contributed by atoms with E-state index in [-0.39, 0.29) is 5.78 Å². The Hall–Kier alpha value is -3.29. The summed E-state index contributed by atoms with van der Waals surface area (Å²) >= 11 is 0. The van der Waals surface area contributed by atoms with Gasteiger partial charge in [0.25, 0.3) is 0 Å². The molecule has 7 nitrogen and oxygen atoms in total.